The topological polar surface area (TPSA) is 46.2 Å². The van der Waals surface area contributed by atoms with E-state index in [1.807, 2.05) is 0 Å². The minimum absolute atomic E-state index is 0.0385. The first kappa shape index (κ1) is 26.2. The van der Waals surface area contributed by atoms with Crippen molar-refractivity contribution in [1.82, 2.24) is 0 Å². The highest BCUT2D eigenvalue weighted by atomic mass is 35.5. The summed E-state index contributed by atoms with van der Waals surface area (Å²) in [5, 5.41) is 3.83. The average molecular weight is 574 g/mol. The largest absolute Gasteiger partial charge is 0.326 e. The predicted molar refractivity (Wildman–Crippen MR) is 141 cm³/mol. The molecule has 1 saturated carbocycles. The van der Waals surface area contributed by atoms with Crippen molar-refractivity contribution >= 4 is 75.4 Å². The van der Waals surface area contributed by atoms with Crippen LogP contribution in [0.3, 0.4) is 0 Å². The highest BCUT2D eigenvalue weighted by Crippen LogP contribution is 2.65. The van der Waals surface area contributed by atoms with Crippen molar-refractivity contribution in [2.24, 2.45) is 5.92 Å². The van der Waals surface area contributed by atoms with Crippen LogP contribution in [-0.4, -0.2) is 16.0 Å². The van der Waals surface area contributed by atoms with Crippen molar-refractivity contribution in [2.45, 2.75) is 30.5 Å². The van der Waals surface area contributed by atoms with Crippen LogP contribution in [0.1, 0.15) is 38.5 Å². The molecule has 2 atom stereocenters. The molecule has 35 heavy (non-hydrogen) atoms. The maximum absolute atomic E-state index is 13.8. The zero-order valence-corrected chi connectivity index (χ0v) is 22.3. The Balaban J connectivity index is 1.52. The molecule has 1 N–H and O–H groups in total. The summed E-state index contributed by atoms with van der Waals surface area (Å²) in [6.07, 6.45) is 0.0385. The summed E-state index contributed by atoms with van der Waals surface area (Å²) in [6, 6.07) is 12.5. The van der Waals surface area contributed by atoms with Crippen LogP contribution in [-0.2, 0) is 11.2 Å². The van der Waals surface area contributed by atoms with E-state index in [1.165, 1.54) is 18.2 Å². The van der Waals surface area contributed by atoms with E-state index in [0.717, 1.165) is 0 Å². The predicted octanol–water partition coefficient (Wildman–Crippen LogP) is 8.35. The summed E-state index contributed by atoms with van der Waals surface area (Å²) in [7, 11) is 0. The number of carbonyl (C=O) groups is 2. The fourth-order valence-electron chi connectivity index (χ4n) is 4.16. The normalized spacial score (nSPS) is 18.3. The lowest BCUT2D eigenvalue weighted by molar-refractivity contribution is -0.117. The molecule has 0 spiro atoms. The zero-order valence-electron chi connectivity index (χ0n) is 18.6. The number of amides is 1. The van der Waals surface area contributed by atoms with Gasteiger partial charge in [0.15, 0.2) is 5.78 Å². The molecule has 1 aliphatic carbocycles. The molecule has 3 nitrogen and oxygen atoms in total. The van der Waals surface area contributed by atoms with Gasteiger partial charge in [-0.1, -0.05) is 40.9 Å². The molecule has 182 valence electrons. The Morgan fingerprint density at radius 1 is 0.943 bits per heavy atom. The minimum Gasteiger partial charge on any atom is -0.326 e. The Bertz CT molecular complexity index is 1340. The monoisotopic (exact) mass is 571 g/mol. The van der Waals surface area contributed by atoms with Gasteiger partial charge in [-0.3, -0.25) is 9.59 Å². The zero-order chi connectivity index (χ0) is 25.7. The first-order chi connectivity index (χ1) is 16.4. The van der Waals surface area contributed by atoms with Gasteiger partial charge in [0, 0.05) is 33.6 Å². The number of carbonyl (C=O) groups excluding carboxylic acids is 2. The van der Waals surface area contributed by atoms with Crippen LogP contribution in [0.25, 0.3) is 0 Å². The summed E-state index contributed by atoms with van der Waals surface area (Å²) in [4.78, 5) is 26.0. The molecule has 0 aromatic heterocycles. The quantitative estimate of drug-likeness (QED) is 0.238. The Labute approximate surface area is 227 Å². The maximum atomic E-state index is 13.8. The van der Waals surface area contributed by atoms with Crippen molar-refractivity contribution < 1.29 is 14.0 Å². The first-order valence-electron chi connectivity index (χ1n) is 10.6. The van der Waals surface area contributed by atoms with Crippen LogP contribution < -0.4 is 5.32 Å². The van der Waals surface area contributed by atoms with Crippen molar-refractivity contribution in [3.63, 3.8) is 0 Å². The summed E-state index contributed by atoms with van der Waals surface area (Å²) >= 11 is 31.3. The van der Waals surface area contributed by atoms with Crippen LogP contribution in [0.15, 0.2) is 48.5 Å². The van der Waals surface area contributed by atoms with Crippen molar-refractivity contribution in [1.29, 1.82) is 0 Å². The van der Waals surface area contributed by atoms with Gasteiger partial charge in [0.05, 0.1) is 10.9 Å². The molecule has 3 aromatic rings. The van der Waals surface area contributed by atoms with E-state index in [-0.39, 0.29) is 28.6 Å². The molecule has 0 heterocycles. The molecule has 0 radical (unpaired) electrons. The van der Waals surface area contributed by atoms with Gasteiger partial charge in [-0.05, 0) is 78.6 Å². The Kier molecular flexibility index (Phi) is 7.43. The van der Waals surface area contributed by atoms with Gasteiger partial charge in [0.2, 0.25) is 5.91 Å². The molecule has 4 rings (SSSR count). The lowest BCUT2D eigenvalue weighted by atomic mass is 9.96. The Hall–Kier alpha value is -1.82. The van der Waals surface area contributed by atoms with Crippen LogP contribution in [0.5, 0.6) is 0 Å². The van der Waals surface area contributed by atoms with E-state index in [1.54, 1.807) is 44.2 Å². The standard InChI is InChI=1S/C26H19Cl5FNO2/c1-12-13(2)21(32)6-3-14(12)9-22(34)19-11-18(4-5-20(19)29)33-25(35)24-23(26(24,30)31)15-7-16(27)10-17(28)8-15/h3-8,10-11,23-24H,9H2,1-2H3,(H,33,35). The molecular formula is C26H19Cl5FNO2. The van der Waals surface area contributed by atoms with E-state index in [0.29, 0.717) is 38.0 Å². The van der Waals surface area contributed by atoms with Crippen LogP contribution in [0.4, 0.5) is 10.1 Å². The van der Waals surface area contributed by atoms with Crippen LogP contribution in [0.2, 0.25) is 15.1 Å². The van der Waals surface area contributed by atoms with Crippen molar-refractivity contribution in [3.8, 4) is 0 Å². The minimum atomic E-state index is -1.33. The second kappa shape index (κ2) is 9.91. The second-order valence-electron chi connectivity index (χ2n) is 8.57. The summed E-state index contributed by atoms with van der Waals surface area (Å²) in [6.45, 7) is 3.43. The molecule has 2 unspecified atom stereocenters. The third-order valence-electron chi connectivity index (χ3n) is 6.30. The van der Waals surface area contributed by atoms with Gasteiger partial charge >= 0.3 is 0 Å². The molecule has 9 heteroatoms. The van der Waals surface area contributed by atoms with Gasteiger partial charge in [0.25, 0.3) is 0 Å². The van der Waals surface area contributed by atoms with E-state index < -0.39 is 22.1 Å². The van der Waals surface area contributed by atoms with Crippen molar-refractivity contribution in [2.75, 3.05) is 5.32 Å². The number of benzene rings is 3. The molecule has 1 aliphatic rings. The Morgan fingerprint density at radius 2 is 1.60 bits per heavy atom. The summed E-state index contributed by atoms with van der Waals surface area (Å²) < 4.78 is 12.4. The lowest BCUT2D eigenvalue weighted by Gasteiger charge is -2.11. The molecule has 0 aliphatic heterocycles. The van der Waals surface area contributed by atoms with E-state index in [4.69, 9.17) is 58.0 Å². The number of anilines is 1. The molecular weight excluding hydrogens is 555 g/mol. The number of ketones is 1. The average Bonchev–Trinajstić information content (AvgIpc) is 3.36. The fraction of sp³-hybridized carbons (Fsp3) is 0.231. The van der Waals surface area contributed by atoms with Crippen molar-refractivity contribution in [3.05, 3.63) is 97.2 Å². The molecule has 0 saturated heterocycles. The van der Waals surface area contributed by atoms with Crippen LogP contribution in [0, 0.1) is 25.6 Å². The lowest BCUT2D eigenvalue weighted by Crippen LogP contribution is -2.17. The number of alkyl halides is 2. The summed E-state index contributed by atoms with van der Waals surface area (Å²) in [5.41, 5.74) is 3.17. The number of nitrogens with one attached hydrogen (secondary N) is 1. The van der Waals surface area contributed by atoms with E-state index in [2.05, 4.69) is 5.32 Å². The highest BCUT2D eigenvalue weighted by Gasteiger charge is 2.67. The Morgan fingerprint density at radius 3 is 2.26 bits per heavy atom. The number of hydrogen-bond acceptors (Lipinski definition) is 2. The molecule has 0 bridgehead atoms. The second-order valence-corrected chi connectivity index (χ2v) is 11.3. The van der Waals surface area contributed by atoms with Crippen LogP contribution >= 0.6 is 58.0 Å². The van der Waals surface area contributed by atoms with Gasteiger partial charge in [0.1, 0.15) is 10.2 Å². The van der Waals surface area contributed by atoms with E-state index in [9.17, 15) is 14.0 Å². The summed E-state index contributed by atoms with van der Waals surface area (Å²) in [5.74, 6) is -2.25. The van der Waals surface area contributed by atoms with Gasteiger partial charge in [-0.2, -0.15) is 0 Å². The number of hydrogen-bond donors (Lipinski definition) is 1. The number of halogens is 6. The third kappa shape index (κ3) is 5.33. The third-order valence-corrected chi connectivity index (χ3v) is 8.00. The smallest absolute Gasteiger partial charge is 0.231 e. The van der Waals surface area contributed by atoms with Gasteiger partial charge in [-0.25, -0.2) is 4.39 Å². The van der Waals surface area contributed by atoms with Gasteiger partial charge in [-0.15, -0.1) is 23.2 Å². The van der Waals surface area contributed by atoms with E-state index >= 15 is 0 Å². The highest BCUT2D eigenvalue weighted by molar-refractivity contribution is 6.53. The molecule has 1 amide bonds. The SMILES string of the molecule is Cc1c(F)ccc(CC(=O)c2cc(NC(=O)C3C(c4cc(Cl)cc(Cl)c4)C3(Cl)Cl)ccc2Cl)c1C. The first-order valence-corrected chi connectivity index (χ1v) is 12.5. The number of rotatable bonds is 6. The molecule has 3 aromatic carbocycles. The van der Waals surface area contributed by atoms with Gasteiger partial charge < -0.3 is 5.32 Å². The maximum Gasteiger partial charge on any atom is 0.231 e. The fourth-order valence-corrected chi connectivity index (χ4v) is 5.76. The number of Topliss-reactive ketones (excluding diaryl/α,β-unsaturated/α-hetero) is 1. The molecule has 1 fully saturated rings.